The molecule has 1 saturated carbocycles. The van der Waals surface area contributed by atoms with Gasteiger partial charge >= 0.3 is 5.97 Å². The van der Waals surface area contributed by atoms with Gasteiger partial charge in [0.1, 0.15) is 11.5 Å². The first-order valence-electron chi connectivity index (χ1n) is 7.24. The minimum absolute atomic E-state index is 0.225. The zero-order valence-corrected chi connectivity index (χ0v) is 12.6. The summed E-state index contributed by atoms with van der Waals surface area (Å²) in [6, 6.07) is 6.89. The van der Waals surface area contributed by atoms with Crippen LogP contribution in [-0.4, -0.2) is 35.0 Å². The average molecular weight is 312 g/mol. The van der Waals surface area contributed by atoms with Crippen molar-refractivity contribution in [1.82, 2.24) is 9.97 Å². The number of rotatable bonds is 5. The van der Waals surface area contributed by atoms with Crippen LogP contribution in [0.15, 0.2) is 36.7 Å². The van der Waals surface area contributed by atoms with Crippen LogP contribution in [0.5, 0.6) is 0 Å². The Balaban J connectivity index is 1.62. The lowest BCUT2D eigenvalue weighted by molar-refractivity contribution is 0.0600. The molecular formula is C16H16N4O3. The second-order valence-electron chi connectivity index (χ2n) is 5.23. The maximum atomic E-state index is 12.1. The van der Waals surface area contributed by atoms with Crippen LogP contribution in [0, 0.1) is 0 Å². The van der Waals surface area contributed by atoms with E-state index in [2.05, 4.69) is 25.3 Å². The maximum Gasteiger partial charge on any atom is 0.337 e. The smallest absolute Gasteiger partial charge is 0.337 e. The van der Waals surface area contributed by atoms with Gasteiger partial charge in [0.2, 0.25) is 0 Å². The number of anilines is 2. The largest absolute Gasteiger partial charge is 0.465 e. The molecule has 0 atom stereocenters. The second-order valence-corrected chi connectivity index (χ2v) is 5.23. The van der Waals surface area contributed by atoms with Gasteiger partial charge in [0.25, 0.3) is 5.91 Å². The predicted molar refractivity (Wildman–Crippen MR) is 84.4 cm³/mol. The Bertz CT molecular complexity index is 709. The van der Waals surface area contributed by atoms with Crippen molar-refractivity contribution in [3.63, 3.8) is 0 Å². The molecule has 0 saturated heterocycles. The first-order valence-corrected chi connectivity index (χ1v) is 7.24. The normalized spacial score (nSPS) is 13.3. The summed E-state index contributed by atoms with van der Waals surface area (Å²) in [6.45, 7) is 0. The van der Waals surface area contributed by atoms with E-state index in [-0.39, 0.29) is 11.6 Å². The molecule has 0 bridgehead atoms. The van der Waals surface area contributed by atoms with Crippen molar-refractivity contribution in [3.05, 3.63) is 47.9 Å². The average Bonchev–Trinajstić information content (AvgIpc) is 3.39. The van der Waals surface area contributed by atoms with Crippen molar-refractivity contribution >= 4 is 23.4 Å². The Hall–Kier alpha value is -2.96. The summed E-state index contributed by atoms with van der Waals surface area (Å²) in [4.78, 5) is 31.7. The third-order valence-corrected chi connectivity index (χ3v) is 3.38. The number of carbonyl (C=O) groups is 2. The van der Waals surface area contributed by atoms with E-state index < -0.39 is 5.97 Å². The van der Waals surface area contributed by atoms with Crippen LogP contribution in [-0.2, 0) is 4.74 Å². The number of amides is 1. The van der Waals surface area contributed by atoms with E-state index in [0.717, 1.165) is 12.8 Å². The summed E-state index contributed by atoms with van der Waals surface area (Å²) in [5.41, 5.74) is 1.20. The maximum absolute atomic E-state index is 12.1. The monoisotopic (exact) mass is 312 g/mol. The highest BCUT2D eigenvalue weighted by Gasteiger charge is 2.21. The summed E-state index contributed by atoms with van der Waals surface area (Å²) >= 11 is 0. The Morgan fingerprint density at radius 3 is 2.43 bits per heavy atom. The number of aromatic nitrogens is 2. The minimum Gasteiger partial charge on any atom is -0.465 e. The standard InChI is InChI=1S/C16H16N4O3/c1-23-16(22)10-2-4-12(5-3-10)20-15(21)13-8-18-14(9-17-13)19-11-6-7-11/h2-5,8-9,11H,6-7H2,1H3,(H,18,19)(H,20,21). The lowest BCUT2D eigenvalue weighted by atomic mass is 10.2. The topological polar surface area (TPSA) is 93.2 Å². The van der Waals surface area contributed by atoms with E-state index in [1.807, 2.05) is 0 Å². The summed E-state index contributed by atoms with van der Waals surface area (Å²) in [5, 5.41) is 5.91. The van der Waals surface area contributed by atoms with Crippen LogP contribution in [0.25, 0.3) is 0 Å². The molecule has 23 heavy (non-hydrogen) atoms. The molecule has 118 valence electrons. The second kappa shape index (κ2) is 6.43. The Morgan fingerprint density at radius 2 is 1.87 bits per heavy atom. The fourth-order valence-corrected chi connectivity index (χ4v) is 1.96. The molecule has 0 aliphatic heterocycles. The van der Waals surface area contributed by atoms with Gasteiger partial charge < -0.3 is 15.4 Å². The van der Waals surface area contributed by atoms with Crippen LogP contribution in [0.3, 0.4) is 0 Å². The fraction of sp³-hybridized carbons (Fsp3) is 0.250. The molecule has 0 spiro atoms. The third-order valence-electron chi connectivity index (χ3n) is 3.38. The van der Waals surface area contributed by atoms with Crippen LogP contribution >= 0.6 is 0 Å². The van der Waals surface area contributed by atoms with E-state index in [1.165, 1.54) is 13.3 Å². The zero-order chi connectivity index (χ0) is 16.2. The number of methoxy groups -OCH3 is 1. The van der Waals surface area contributed by atoms with Crippen molar-refractivity contribution in [3.8, 4) is 0 Å². The molecule has 2 aromatic rings. The van der Waals surface area contributed by atoms with Crippen LogP contribution < -0.4 is 10.6 Å². The van der Waals surface area contributed by atoms with Gasteiger partial charge in [0.15, 0.2) is 0 Å². The SMILES string of the molecule is COC(=O)c1ccc(NC(=O)c2cnc(NC3CC3)cn2)cc1. The number of hydrogen-bond donors (Lipinski definition) is 2. The van der Waals surface area contributed by atoms with Gasteiger partial charge in [-0.1, -0.05) is 0 Å². The summed E-state index contributed by atoms with van der Waals surface area (Å²) in [7, 11) is 1.32. The van der Waals surface area contributed by atoms with E-state index in [9.17, 15) is 9.59 Å². The van der Waals surface area contributed by atoms with Gasteiger partial charge in [-0.2, -0.15) is 0 Å². The first-order chi connectivity index (χ1) is 11.2. The molecule has 0 radical (unpaired) electrons. The predicted octanol–water partition coefficient (Wildman–Crippen LogP) is 2.09. The molecule has 1 aliphatic carbocycles. The molecule has 7 nitrogen and oxygen atoms in total. The zero-order valence-electron chi connectivity index (χ0n) is 12.6. The first kappa shape index (κ1) is 15.0. The lowest BCUT2D eigenvalue weighted by Crippen LogP contribution is -2.15. The highest BCUT2D eigenvalue weighted by molar-refractivity contribution is 6.03. The van der Waals surface area contributed by atoms with Crippen molar-refractivity contribution in [2.75, 3.05) is 17.7 Å². The van der Waals surface area contributed by atoms with Gasteiger partial charge in [-0.15, -0.1) is 0 Å². The van der Waals surface area contributed by atoms with Crippen LogP contribution in [0.2, 0.25) is 0 Å². The molecule has 1 fully saturated rings. The quantitative estimate of drug-likeness (QED) is 0.821. The molecular weight excluding hydrogens is 296 g/mol. The Kier molecular flexibility index (Phi) is 4.18. The van der Waals surface area contributed by atoms with E-state index >= 15 is 0 Å². The third kappa shape index (κ3) is 3.82. The van der Waals surface area contributed by atoms with Crippen molar-refractivity contribution in [1.29, 1.82) is 0 Å². The van der Waals surface area contributed by atoms with Gasteiger partial charge in [-0.3, -0.25) is 4.79 Å². The van der Waals surface area contributed by atoms with Crippen molar-refractivity contribution < 1.29 is 14.3 Å². The van der Waals surface area contributed by atoms with E-state index in [0.29, 0.717) is 23.1 Å². The highest BCUT2D eigenvalue weighted by Crippen LogP contribution is 2.23. The van der Waals surface area contributed by atoms with Crippen molar-refractivity contribution in [2.45, 2.75) is 18.9 Å². The summed E-state index contributed by atoms with van der Waals surface area (Å²) in [6.07, 6.45) is 5.27. The fourth-order valence-electron chi connectivity index (χ4n) is 1.96. The molecule has 1 amide bonds. The number of ether oxygens (including phenoxy) is 1. The molecule has 7 heteroatoms. The number of carbonyl (C=O) groups excluding carboxylic acids is 2. The molecule has 1 aromatic heterocycles. The lowest BCUT2D eigenvalue weighted by Gasteiger charge is -2.06. The Morgan fingerprint density at radius 1 is 1.13 bits per heavy atom. The summed E-state index contributed by atoms with van der Waals surface area (Å²) < 4.78 is 4.62. The number of esters is 1. The molecule has 3 rings (SSSR count). The van der Waals surface area contributed by atoms with Gasteiger partial charge in [0.05, 0.1) is 25.1 Å². The molecule has 1 aromatic carbocycles. The highest BCUT2D eigenvalue weighted by atomic mass is 16.5. The minimum atomic E-state index is -0.424. The number of nitrogens with zero attached hydrogens (tertiary/aromatic N) is 2. The van der Waals surface area contributed by atoms with Gasteiger partial charge in [-0.05, 0) is 37.1 Å². The molecule has 1 heterocycles. The van der Waals surface area contributed by atoms with E-state index in [1.54, 1.807) is 30.5 Å². The Labute approximate surface area is 133 Å². The van der Waals surface area contributed by atoms with Gasteiger partial charge in [-0.25, -0.2) is 14.8 Å². The van der Waals surface area contributed by atoms with Gasteiger partial charge in [0, 0.05) is 11.7 Å². The molecule has 1 aliphatic rings. The van der Waals surface area contributed by atoms with E-state index in [4.69, 9.17) is 0 Å². The molecule has 0 unspecified atom stereocenters. The van der Waals surface area contributed by atoms with Crippen molar-refractivity contribution in [2.24, 2.45) is 0 Å². The number of benzene rings is 1. The molecule has 2 N–H and O–H groups in total. The summed E-state index contributed by atoms with van der Waals surface area (Å²) in [5.74, 6) is -0.111. The number of nitrogens with one attached hydrogen (secondary N) is 2. The van der Waals surface area contributed by atoms with Crippen LogP contribution in [0.4, 0.5) is 11.5 Å². The number of hydrogen-bond acceptors (Lipinski definition) is 6. The van der Waals surface area contributed by atoms with Crippen LogP contribution in [0.1, 0.15) is 33.7 Å².